The number of aromatic nitrogens is 1. The normalized spacial score (nSPS) is 20.8. The number of carbonyl (C=O) groups excluding carboxylic acids is 1. The zero-order valence-electron chi connectivity index (χ0n) is 26.4. The lowest BCUT2D eigenvalue weighted by atomic mass is 10.1. The number of nitrogens with one attached hydrogen (secondary N) is 2. The topological polar surface area (TPSA) is 100 Å². The summed E-state index contributed by atoms with van der Waals surface area (Å²) in [5.41, 5.74) is 3.10. The van der Waals surface area contributed by atoms with Crippen LogP contribution in [0.25, 0.3) is 0 Å². The van der Waals surface area contributed by atoms with Crippen LogP contribution in [0, 0.1) is 0 Å². The van der Waals surface area contributed by atoms with Crippen LogP contribution in [0.5, 0.6) is 0 Å². The Morgan fingerprint density at radius 3 is 2.75 bits per heavy atom. The Kier molecular flexibility index (Phi) is 3.44. The molecule has 1 aromatic heterocycles. The largest absolute Gasteiger partial charge is 0.387 e. The van der Waals surface area contributed by atoms with Gasteiger partial charge in [0.25, 0.3) is 0 Å². The summed E-state index contributed by atoms with van der Waals surface area (Å²) in [6.45, 7) is -3.95. The van der Waals surface area contributed by atoms with Gasteiger partial charge in [-0.25, -0.2) is 4.98 Å². The van der Waals surface area contributed by atoms with Crippen LogP contribution in [0.4, 0.5) is 10.8 Å². The molecule has 2 aromatic carbocycles. The molecule has 7 heteroatoms. The average Bonchev–Trinajstić information content (AvgIpc) is 3.23. The molecule has 0 fully saturated rings. The molecule has 0 bridgehead atoms. The first-order chi connectivity index (χ1) is 18.3. The maximum absolute atomic E-state index is 12.7. The van der Waals surface area contributed by atoms with Crippen molar-refractivity contribution in [2.75, 3.05) is 24.1 Å². The Hall–Kier alpha value is -2.74. The Balaban J connectivity index is 1.96. The number of hydrogen-bond donors (Lipinski definition) is 4. The number of anilines is 2. The number of aliphatic hydroxyl groups is 1. The van der Waals surface area contributed by atoms with Crippen molar-refractivity contribution in [3.63, 3.8) is 0 Å². The van der Waals surface area contributed by atoms with E-state index in [2.05, 4.69) is 10.3 Å². The highest BCUT2D eigenvalue weighted by Crippen LogP contribution is 2.14. The lowest BCUT2D eigenvalue weighted by Gasteiger charge is -2.12. The van der Waals surface area contributed by atoms with Crippen molar-refractivity contribution in [2.45, 2.75) is 18.8 Å². The van der Waals surface area contributed by atoms with Gasteiger partial charge in [0.15, 0.2) is 5.13 Å². The predicted octanol–water partition coefficient (Wildman–Crippen LogP) is 2.77. The highest BCUT2D eigenvalue weighted by Gasteiger charge is 2.08. The van der Waals surface area contributed by atoms with Crippen LogP contribution in [0.2, 0.25) is 0 Å². The molecule has 0 aliphatic heterocycles. The smallest absolute Gasteiger partial charge is 0.230 e. The number of rotatable bonds is 9. The molecule has 0 spiro atoms. The highest BCUT2D eigenvalue weighted by molar-refractivity contribution is 7.13. The summed E-state index contributed by atoms with van der Waals surface area (Å²) in [6.07, 6.45) is -8.61. The van der Waals surface area contributed by atoms with E-state index in [1.165, 1.54) is 24.3 Å². The van der Waals surface area contributed by atoms with E-state index in [-0.39, 0.29) is 10.7 Å². The van der Waals surface area contributed by atoms with Gasteiger partial charge in [-0.1, -0.05) is 42.4 Å². The van der Waals surface area contributed by atoms with Crippen LogP contribution in [-0.2, 0) is 17.5 Å². The minimum atomic E-state index is -3.27. The minimum Gasteiger partial charge on any atom is -0.387 e. The number of carbonyl (C=O) groups is 1. The fourth-order valence-electron chi connectivity index (χ4n) is 1.97. The van der Waals surface area contributed by atoms with Crippen molar-refractivity contribution in [2.24, 2.45) is 0 Å². The first-order valence-corrected chi connectivity index (χ1v) is 8.76. The second-order valence-corrected chi connectivity index (χ2v) is 6.07. The summed E-state index contributed by atoms with van der Waals surface area (Å²) in [5.74, 6) is -1.49. The van der Waals surface area contributed by atoms with Gasteiger partial charge in [-0.2, -0.15) is 0 Å². The number of benzene rings is 2. The van der Waals surface area contributed by atoms with Crippen molar-refractivity contribution in [3.8, 4) is 0 Å². The van der Waals surface area contributed by atoms with Crippen LogP contribution in [0.15, 0.2) is 59.9 Å². The molecule has 3 aromatic rings. The summed E-state index contributed by atoms with van der Waals surface area (Å²) in [5, 5.41) is 13.9. The van der Waals surface area contributed by atoms with Crippen molar-refractivity contribution in [1.29, 1.82) is 0 Å². The third kappa shape index (κ3) is 6.16. The SMILES string of the molecule is [2H]c1sc(N)nc1C([2H])([2H])C(=O)Nc1c([2H])c([2H])c(C([2H])([2H])C([2H])([2H])NC[C@]([2H])(O)c2ccccc2)c([2H])c1[2H]. The Bertz CT molecular complexity index is 1400. The number of nitrogens with zero attached hydrogens (tertiary/aromatic N) is 1. The summed E-state index contributed by atoms with van der Waals surface area (Å²) >= 11 is 0.611. The van der Waals surface area contributed by atoms with E-state index in [0.29, 0.717) is 11.3 Å². The molecule has 0 saturated heterocycles. The third-order valence-corrected chi connectivity index (χ3v) is 3.80. The Morgan fingerprint density at radius 1 is 1.32 bits per heavy atom. The van der Waals surface area contributed by atoms with E-state index in [9.17, 15) is 9.90 Å². The van der Waals surface area contributed by atoms with Gasteiger partial charge in [-0.05, 0) is 36.1 Å². The number of nitrogen functional groups attached to an aromatic ring is 1. The maximum Gasteiger partial charge on any atom is 0.230 e. The van der Waals surface area contributed by atoms with Crippen LogP contribution in [0.1, 0.15) is 39.3 Å². The molecule has 3 rings (SSSR count). The fraction of sp³-hybridized carbons (Fsp3) is 0.238. The molecule has 1 heterocycles. The number of amides is 1. The highest BCUT2D eigenvalue weighted by atomic mass is 32.1. The number of nitrogens with two attached hydrogens (primary N) is 1. The summed E-state index contributed by atoms with van der Waals surface area (Å²) in [4.78, 5) is 16.4. The van der Waals surface area contributed by atoms with Gasteiger partial charge in [-0.15, -0.1) is 11.3 Å². The average molecular weight is 409 g/mol. The molecule has 6 nitrogen and oxygen atoms in total. The van der Waals surface area contributed by atoms with Gasteiger partial charge in [0.2, 0.25) is 5.91 Å². The lowest BCUT2D eigenvalue weighted by Crippen LogP contribution is -2.23. The van der Waals surface area contributed by atoms with Crippen LogP contribution in [-0.4, -0.2) is 29.0 Å². The van der Waals surface area contributed by atoms with E-state index >= 15 is 0 Å². The molecule has 0 aliphatic carbocycles. The second-order valence-electron chi connectivity index (χ2n) is 5.25. The zero-order valence-corrected chi connectivity index (χ0v) is 15.2. The molecule has 1 amide bonds. The molecule has 1 atom stereocenters. The predicted molar refractivity (Wildman–Crippen MR) is 113 cm³/mol. The number of thiazole rings is 1. The van der Waals surface area contributed by atoms with Crippen LogP contribution in [0.3, 0.4) is 0 Å². The van der Waals surface area contributed by atoms with Gasteiger partial charge in [-0.3, -0.25) is 4.79 Å². The Labute approximate surface area is 185 Å². The zero-order chi connectivity index (χ0) is 30.4. The number of hydrogen-bond acceptors (Lipinski definition) is 6. The first kappa shape index (κ1) is 9.65. The quantitative estimate of drug-likeness (QED) is 0.436. The van der Waals surface area contributed by atoms with Gasteiger partial charge in [0, 0.05) is 25.8 Å². The van der Waals surface area contributed by atoms with Crippen molar-refractivity contribution >= 4 is 28.1 Å². The summed E-state index contributed by atoms with van der Waals surface area (Å²) in [6, 6.07) is 3.42. The molecule has 0 aliphatic rings. The van der Waals surface area contributed by atoms with Crippen molar-refractivity contribution in [1.82, 2.24) is 10.3 Å². The molecule has 0 radical (unpaired) electrons. The van der Waals surface area contributed by atoms with Crippen molar-refractivity contribution < 1.29 is 26.4 Å². The van der Waals surface area contributed by atoms with Gasteiger partial charge in [0.1, 0.15) is 0 Å². The maximum atomic E-state index is 12.7. The molecular formula is C21H24N4O2S. The lowest BCUT2D eigenvalue weighted by molar-refractivity contribution is -0.115. The monoisotopic (exact) mass is 408 g/mol. The molecule has 0 saturated carbocycles. The van der Waals surface area contributed by atoms with Gasteiger partial charge >= 0.3 is 0 Å². The van der Waals surface area contributed by atoms with Crippen molar-refractivity contribution in [3.05, 3.63) is 76.7 Å². The van der Waals surface area contributed by atoms with E-state index in [0.717, 1.165) is 0 Å². The third-order valence-electron chi connectivity index (χ3n) is 3.21. The first-order valence-electron chi connectivity index (χ1n) is 13.9. The van der Waals surface area contributed by atoms with E-state index in [1.54, 1.807) is 6.07 Å². The van der Waals surface area contributed by atoms with E-state index in [4.69, 9.17) is 22.2 Å². The standard InChI is InChI=1S/C21H24N4O2S/c22-21-25-18(14-28-21)12-20(27)24-17-8-6-15(7-9-17)10-11-23-13-19(26)16-4-2-1-3-5-16/h1-9,14,19,23,26H,10-13H2,(H2,22,25)(H,24,27)/t19-/m0/s1/i6D,7D,8D,9D,10D2,11D2,12D2,14D,19D. The van der Waals surface area contributed by atoms with E-state index < -0.39 is 84.2 Å². The Morgan fingerprint density at radius 2 is 2.07 bits per heavy atom. The minimum absolute atomic E-state index is 0.0842. The molecular weight excluding hydrogens is 372 g/mol. The molecule has 5 N–H and O–H groups in total. The second kappa shape index (κ2) is 9.98. The molecule has 28 heavy (non-hydrogen) atoms. The molecule has 0 unspecified atom stereocenters. The van der Waals surface area contributed by atoms with E-state index in [1.807, 2.05) is 5.32 Å². The van der Waals surface area contributed by atoms with Gasteiger partial charge < -0.3 is 21.5 Å². The molecule has 146 valence electrons. The summed E-state index contributed by atoms with van der Waals surface area (Å²) < 4.78 is 98.4. The van der Waals surface area contributed by atoms with Crippen LogP contribution >= 0.6 is 11.3 Å². The van der Waals surface area contributed by atoms with Crippen LogP contribution < -0.4 is 16.4 Å². The fourth-order valence-corrected chi connectivity index (χ4v) is 2.40. The summed E-state index contributed by atoms with van der Waals surface area (Å²) in [7, 11) is 0. The van der Waals surface area contributed by atoms with Gasteiger partial charge in [0.05, 0.1) is 26.4 Å².